The normalized spacial score (nSPS) is 11.6. The van der Waals surface area contributed by atoms with E-state index in [1.54, 1.807) is 24.3 Å². The minimum atomic E-state index is -4.92. The van der Waals surface area contributed by atoms with Gasteiger partial charge in [0.1, 0.15) is 17.2 Å². The molecule has 1 N–H and O–H groups in total. The zero-order valence-electron chi connectivity index (χ0n) is 19.0. The Hall–Kier alpha value is -3.07. The van der Waals surface area contributed by atoms with Gasteiger partial charge < -0.3 is 19.3 Å². The van der Waals surface area contributed by atoms with E-state index >= 15 is 0 Å². The van der Waals surface area contributed by atoms with Gasteiger partial charge >= 0.3 is 18.7 Å². The third-order valence-corrected chi connectivity index (χ3v) is 6.81. The van der Waals surface area contributed by atoms with Crippen molar-refractivity contribution in [2.24, 2.45) is 0 Å². The first-order chi connectivity index (χ1) is 17.8. The third kappa shape index (κ3) is 9.67. The number of hydrogen-bond donors (Lipinski definition) is 1. The molecule has 5 nitrogen and oxygen atoms in total. The summed E-state index contributed by atoms with van der Waals surface area (Å²) < 4.78 is 90.4. The van der Waals surface area contributed by atoms with Crippen molar-refractivity contribution in [2.75, 3.05) is 12.4 Å². The van der Waals surface area contributed by atoms with Gasteiger partial charge in [-0.2, -0.15) is 0 Å². The number of carboxylic acid groups (broad SMARTS) is 1. The lowest BCUT2D eigenvalue weighted by Gasteiger charge is -2.14. The number of alkyl halides is 6. The Bertz CT molecular complexity index is 1250. The predicted molar refractivity (Wildman–Crippen MR) is 136 cm³/mol. The largest absolute Gasteiger partial charge is 0.573 e. The van der Waals surface area contributed by atoms with Gasteiger partial charge in [0.2, 0.25) is 0 Å². The molecule has 3 aromatic rings. The molecular weight excluding hydrogens is 653 g/mol. The lowest BCUT2D eigenvalue weighted by molar-refractivity contribution is -0.275. The lowest BCUT2D eigenvalue weighted by Crippen LogP contribution is -2.17. The Morgan fingerprint density at radius 1 is 0.842 bits per heavy atom. The van der Waals surface area contributed by atoms with Gasteiger partial charge in [-0.3, -0.25) is 0 Å². The Balaban J connectivity index is 1.91. The summed E-state index contributed by atoms with van der Waals surface area (Å²) in [4.78, 5) is 11.5. The summed E-state index contributed by atoms with van der Waals surface area (Å²) >= 11 is 3.39. The minimum Gasteiger partial charge on any atom is -0.482 e. The van der Waals surface area contributed by atoms with Crippen LogP contribution in [0.4, 0.5) is 26.3 Å². The number of aliphatic carboxylic acids is 1. The maximum absolute atomic E-state index is 12.8. The molecule has 0 amide bonds. The Kier molecular flexibility index (Phi) is 9.82. The van der Waals surface area contributed by atoms with Crippen molar-refractivity contribution in [3.05, 3.63) is 87.5 Å². The van der Waals surface area contributed by atoms with Crippen LogP contribution in [0.3, 0.4) is 0 Å². The Labute approximate surface area is 230 Å². The average molecular weight is 670 g/mol. The van der Waals surface area contributed by atoms with Crippen molar-refractivity contribution >= 4 is 45.9 Å². The van der Waals surface area contributed by atoms with Crippen LogP contribution in [0.5, 0.6) is 17.2 Å². The molecule has 0 aliphatic rings. The molecule has 0 bridgehead atoms. The molecular formula is C25H17F6IO5S. The molecule has 0 atom stereocenters. The number of benzene rings is 3. The summed E-state index contributed by atoms with van der Waals surface area (Å²) in [5, 5.41) is 8.74. The fraction of sp³-hybridized carbons (Fsp3) is 0.160. The van der Waals surface area contributed by atoms with Crippen molar-refractivity contribution in [1.82, 2.24) is 0 Å². The molecule has 0 aliphatic heterocycles. The molecule has 0 saturated carbocycles. The average Bonchev–Trinajstić information content (AvgIpc) is 2.79. The molecule has 0 unspecified atom stereocenters. The zero-order valence-corrected chi connectivity index (χ0v) is 22.0. The second-order valence-corrected chi connectivity index (χ2v) is 9.58. The standard InChI is InChI=1S/C25H17F6IO5S/c26-24(27,28)36-18-5-1-3-15(11-18)20(16-4-2-6-19(12-16)37-25(29,30)31)9-10-38-22-8-7-17(13-21(22)32)35-14-23(33)34/h1-9,11-13H,10,14H2,(H,33,34). The van der Waals surface area contributed by atoms with Gasteiger partial charge in [0.25, 0.3) is 0 Å². The molecule has 0 saturated heterocycles. The number of halogens is 7. The van der Waals surface area contributed by atoms with Gasteiger partial charge in [0.05, 0.1) is 0 Å². The van der Waals surface area contributed by atoms with Crippen LogP contribution in [0.15, 0.2) is 77.7 Å². The molecule has 3 aromatic carbocycles. The van der Waals surface area contributed by atoms with Gasteiger partial charge in [-0.25, -0.2) is 4.79 Å². The van der Waals surface area contributed by atoms with Crippen LogP contribution >= 0.6 is 34.4 Å². The van der Waals surface area contributed by atoms with Crippen LogP contribution in [-0.2, 0) is 4.79 Å². The van der Waals surface area contributed by atoms with Crippen LogP contribution in [0.2, 0.25) is 0 Å². The summed E-state index contributed by atoms with van der Waals surface area (Å²) in [6, 6.07) is 15.2. The lowest BCUT2D eigenvalue weighted by atomic mass is 9.97. The zero-order chi connectivity index (χ0) is 27.9. The Morgan fingerprint density at radius 2 is 1.39 bits per heavy atom. The molecule has 3 rings (SSSR count). The van der Waals surface area contributed by atoms with E-state index in [2.05, 4.69) is 9.47 Å². The summed E-state index contributed by atoms with van der Waals surface area (Å²) in [7, 11) is 0. The highest BCUT2D eigenvalue weighted by molar-refractivity contribution is 14.1. The smallest absolute Gasteiger partial charge is 0.482 e. The molecule has 0 fully saturated rings. The number of rotatable bonds is 10. The molecule has 0 spiro atoms. The highest BCUT2D eigenvalue weighted by Crippen LogP contribution is 2.34. The number of ether oxygens (including phenoxy) is 3. The maximum Gasteiger partial charge on any atom is 0.573 e. The molecule has 38 heavy (non-hydrogen) atoms. The van der Waals surface area contributed by atoms with Crippen LogP contribution < -0.4 is 14.2 Å². The quantitative estimate of drug-likeness (QED) is 0.135. The van der Waals surface area contributed by atoms with Gasteiger partial charge in [-0.05, 0) is 81.8 Å². The number of hydrogen-bond acceptors (Lipinski definition) is 5. The Morgan fingerprint density at radius 3 is 1.87 bits per heavy atom. The second kappa shape index (κ2) is 12.7. The van der Waals surface area contributed by atoms with E-state index in [-0.39, 0.29) is 16.9 Å². The van der Waals surface area contributed by atoms with E-state index in [0.717, 1.165) is 32.7 Å². The molecule has 0 radical (unpaired) electrons. The molecule has 0 aliphatic carbocycles. The van der Waals surface area contributed by atoms with E-state index in [4.69, 9.17) is 9.84 Å². The molecule has 13 heteroatoms. The van der Waals surface area contributed by atoms with Crippen molar-refractivity contribution < 1.29 is 50.5 Å². The highest BCUT2D eigenvalue weighted by Gasteiger charge is 2.32. The molecule has 202 valence electrons. The van der Waals surface area contributed by atoms with E-state index in [1.165, 1.54) is 36.0 Å². The van der Waals surface area contributed by atoms with E-state index in [0.29, 0.717) is 11.3 Å². The van der Waals surface area contributed by atoms with Gasteiger partial charge in [-0.1, -0.05) is 30.3 Å². The maximum atomic E-state index is 12.8. The van der Waals surface area contributed by atoms with E-state index < -0.39 is 36.8 Å². The minimum absolute atomic E-state index is 0.281. The van der Waals surface area contributed by atoms with Crippen LogP contribution in [0, 0.1) is 3.57 Å². The number of carboxylic acids is 1. The van der Waals surface area contributed by atoms with Gasteiger partial charge in [-0.15, -0.1) is 38.1 Å². The summed E-state index contributed by atoms with van der Waals surface area (Å²) in [6.45, 7) is -0.497. The predicted octanol–water partition coefficient (Wildman–Crippen LogP) is 7.78. The summed E-state index contributed by atoms with van der Waals surface area (Å²) in [6.07, 6.45) is -8.18. The van der Waals surface area contributed by atoms with Crippen LogP contribution in [0.1, 0.15) is 11.1 Å². The van der Waals surface area contributed by atoms with Crippen molar-refractivity contribution in [3.63, 3.8) is 0 Å². The third-order valence-electron chi connectivity index (χ3n) is 4.55. The summed E-state index contributed by atoms with van der Waals surface area (Å²) in [5.74, 6) is -1.44. The number of thioether (sulfide) groups is 1. The van der Waals surface area contributed by atoms with Gasteiger partial charge in [0, 0.05) is 14.2 Å². The van der Waals surface area contributed by atoms with Crippen molar-refractivity contribution in [1.29, 1.82) is 0 Å². The fourth-order valence-corrected chi connectivity index (χ4v) is 4.92. The monoisotopic (exact) mass is 670 g/mol. The molecule has 0 aromatic heterocycles. The second-order valence-electron chi connectivity index (χ2n) is 7.35. The molecule has 0 heterocycles. The van der Waals surface area contributed by atoms with Crippen molar-refractivity contribution in [3.8, 4) is 17.2 Å². The topological polar surface area (TPSA) is 65.0 Å². The first kappa shape index (κ1) is 29.5. The van der Waals surface area contributed by atoms with Crippen LogP contribution in [-0.4, -0.2) is 36.2 Å². The summed E-state index contributed by atoms with van der Waals surface area (Å²) in [5.41, 5.74) is 0.918. The van der Waals surface area contributed by atoms with Gasteiger partial charge in [0.15, 0.2) is 6.61 Å². The number of carbonyl (C=O) groups is 1. The van der Waals surface area contributed by atoms with Crippen LogP contribution in [0.25, 0.3) is 5.57 Å². The fourth-order valence-electron chi connectivity index (χ4n) is 3.17. The SMILES string of the molecule is O=C(O)COc1ccc(SCC=C(c2cccc(OC(F)(F)F)c2)c2cccc(OC(F)(F)F)c2)c(I)c1. The highest BCUT2D eigenvalue weighted by atomic mass is 127. The van der Waals surface area contributed by atoms with Crippen molar-refractivity contribution in [2.45, 2.75) is 17.6 Å². The van der Waals surface area contributed by atoms with E-state index in [9.17, 15) is 31.1 Å². The first-order valence-electron chi connectivity index (χ1n) is 10.5. The van der Waals surface area contributed by atoms with E-state index in [1.807, 2.05) is 22.6 Å². The first-order valence-corrected chi connectivity index (χ1v) is 12.5.